The molecule has 19 heavy (non-hydrogen) atoms. The molecule has 1 N–H and O–H groups in total. The van der Waals surface area contributed by atoms with Gasteiger partial charge in [0.15, 0.2) is 11.6 Å². The summed E-state index contributed by atoms with van der Waals surface area (Å²) in [5.41, 5.74) is -0.984. The Morgan fingerprint density at radius 1 is 1.42 bits per heavy atom. The molecule has 1 aliphatic rings. The topological polar surface area (TPSA) is 68.3 Å². The maximum atomic E-state index is 12.6. The molecule has 0 saturated heterocycles. The summed E-state index contributed by atoms with van der Waals surface area (Å²) in [7, 11) is -3.64. The minimum Gasteiger partial charge on any atom is -0.487 e. The van der Waals surface area contributed by atoms with Gasteiger partial charge in [0, 0.05) is 6.20 Å². The van der Waals surface area contributed by atoms with E-state index in [2.05, 4.69) is 4.98 Å². The molecule has 5 nitrogen and oxygen atoms in total. The summed E-state index contributed by atoms with van der Waals surface area (Å²) in [6.45, 7) is 0. The number of hydrogen-bond donors (Lipinski definition) is 1. The van der Waals surface area contributed by atoms with Crippen molar-refractivity contribution < 1.29 is 26.3 Å². The molecule has 2 rings (SSSR count). The van der Waals surface area contributed by atoms with E-state index in [9.17, 15) is 21.6 Å². The summed E-state index contributed by atoms with van der Waals surface area (Å²) in [6, 6.07) is 0.749. The molecule has 0 bridgehead atoms. The molecule has 1 fully saturated rings. The SMILES string of the molecule is CS(=O)(=O)Nc1ncc(C(F)(F)F)cc1OC1CC1. The normalized spacial score (nSPS) is 16.2. The molecular formula is C10H11F3N2O3S. The van der Waals surface area contributed by atoms with Crippen LogP contribution in [0.25, 0.3) is 0 Å². The third-order valence-electron chi connectivity index (χ3n) is 2.28. The quantitative estimate of drug-likeness (QED) is 0.923. The number of alkyl halides is 3. The third kappa shape index (κ3) is 3.98. The molecule has 1 aromatic rings. The second kappa shape index (κ2) is 4.55. The van der Waals surface area contributed by atoms with Crippen LogP contribution in [-0.2, 0) is 16.2 Å². The highest BCUT2D eigenvalue weighted by Gasteiger charge is 2.33. The molecule has 106 valence electrons. The fourth-order valence-corrected chi connectivity index (χ4v) is 1.81. The van der Waals surface area contributed by atoms with Gasteiger partial charge in [0.2, 0.25) is 10.0 Å². The Kier molecular flexibility index (Phi) is 3.33. The first-order valence-corrected chi connectivity index (χ1v) is 7.26. The molecule has 0 radical (unpaired) electrons. The molecule has 0 unspecified atom stereocenters. The average Bonchev–Trinajstić information content (AvgIpc) is 3.00. The molecule has 0 aromatic carbocycles. The molecular weight excluding hydrogens is 285 g/mol. The summed E-state index contributed by atoms with van der Waals surface area (Å²) in [4.78, 5) is 3.48. The van der Waals surface area contributed by atoms with Crippen LogP contribution in [-0.4, -0.2) is 25.8 Å². The van der Waals surface area contributed by atoms with Crippen LogP contribution < -0.4 is 9.46 Å². The van der Waals surface area contributed by atoms with E-state index in [1.165, 1.54) is 0 Å². The zero-order valence-corrected chi connectivity index (χ0v) is 10.7. The second-order valence-electron chi connectivity index (χ2n) is 4.26. The summed E-state index contributed by atoms with van der Waals surface area (Å²) in [5, 5.41) is 0. The number of sulfonamides is 1. The van der Waals surface area contributed by atoms with Crippen molar-refractivity contribution in [3.63, 3.8) is 0 Å². The molecule has 1 saturated carbocycles. The van der Waals surface area contributed by atoms with Crippen molar-refractivity contribution in [2.45, 2.75) is 25.1 Å². The number of nitrogens with zero attached hydrogens (tertiary/aromatic N) is 1. The Morgan fingerprint density at radius 2 is 2.05 bits per heavy atom. The Hall–Kier alpha value is -1.51. The zero-order chi connectivity index (χ0) is 14.3. The highest BCUT2D eigenvalue weighted by Crippen LogP contribution is 2.36. The predicted molar refractivity (Wildman–Crippen MR) is 61.4 cm³/mol. The van der Waals surface area contributed by atoms with Crippen molar-refractivity contribution in [1.82, 2.24) is 4.98 Å². The van der Waals surface area contributed by atoms with Crippen molar-refractivity contribution in [2.75, 3.05) is 11.0 Å². The molecule has 1 heterocycles. The number of halogens is 3. The molecule has 0 aliphatic heterocycles. The monoisotopic (exact) mass is 296 g/mol. The van der Waals surface area contributed by atoms with Gasteiger partial charge in [-0.25, -0.2) is 13.4 Å². The van der Waals surface area contributed by atoms with E-state index in [4.69, 9.17) is 4.74 Å². The molecule has 0 atom stereocenters. The van der Waals surface area contributed by atoms with Gasteiger partial charge in [-0.3, -0.25) is 4.72 Å². The van der Waals surface area contributed by atoms with Crippen LogP contribution in [0.4, 0.5) is 19.0 Å². The molecule has 9 heteroatoms. The summed E-state index contributed by atoms with van der Waals surface area (Å²) in [6.07, 6.45) is -1.83. The number of nitrogens with one attached hydrogen (secondary N) is 1. The fraction of sp³-hybridized carbons (Fsp3) is 0.500. The highest BCUT2D eigenvalue weighted by atomic mass is 32.2. The molecule has 0 amide bonds. The summed E-state index contributed by atoms with van der Waals surface area (Å²) < 4.78 is 67.2. The standard InChI is InChI=1S/C10H11F3N2O3S/c1-19(16,17)15-9-8(18-7-2-3-7)4-6(5-14-9)10(11,12)13/h4-5,7H,2-3H2,1H3,(H,14,15). The number of ether oxygens (including phenoxy) is 1. The Balaban J connectivity index is 2.36. The predicted octanol–water partition coefficient (Wildman–Crippen LogP) is 2.01. The number of rotatable bonds is 4. The van der Waals surface area contributed by atoms with Crippen molar-refractivity contribution >= 4 is 15.8 Å². The van der Waals surface area contributed by atoms with E-state index in [0.29, 0.717) is 6.20 Å². The number of hydrogen-bond acceptors (Lipinski definition) is 4. The van der Waals surface area contributed by atoms with E-state index in [-0.39, 0.29) is 17.7 Å². The van der Waals surface area contributed by atoms with Crippen LogP contribution >= 0.6 is 0 Å². The fourth-order valence-electron chi connectivity index (χ4n) is 1.31. The first kappa shape index (κ1) is 13.9. The van der Waals surface area contributed by atoms with Crippen LogP contribution in [0.1, 0.15) is 18.4 Å². The van der Waals surface area contributed by atoms with E-state index in [1.54, 1.807) is 0 Å². The highest BCUT2D eigenvalue weighted by molar-refractivity contribution is 7.92. The Labute approximate surface area is 107 Å². The van der Waals surface area contributed by atoms with Crippen molar-refractivity contribution in [3.8, 4) is 5.75 Å². The maximum absolute atomic E-state index is 12.6. The Morgan fingerprint density at radius 3 is 2.53 bits per heavy atom. The molecule has 1 aliphatic carbocycles. The van der Waals surface area contributed by atoms with Crippen LogP contribution in [0.15, 0.2) is 12.3 Å². The Bertz CT molecular complexity index is 582. The van der Waals surface area contributed by atoms with Crippen LogP contribution in [0.3, 0.4) is 0 Å². The van der Waals surface area contributed by atoms with Crippen LogP contribution in [0.2, 0.25) is 0 Å². The number of aromatic nitrogens is 1. The van der Waals surface area contributed by atoms with Gasteiger partial charge in [0.1, 0.15) is 0 Å². The summed E-state index contributed by atoms with van der Waals surface area (Å²) in [5.74, 6) is -0.440. The van der Waals surface area contributed by atoms with E-state index in [1.807, 2.05) is 4.72 Å². The zero-order valence-electron chi connectivity index (χ0n) is 9.86. The summed E-state index contributed by atoms with van der Waals surface area (Å²) >= 11 is 0. The van der Waals surface area contributed by atoms with Crippen molar-refractivity contribution in [2.24, 2.45) is 0 Å². The number of pyridine rings is 1. The van der Waals surface area contributed by atoms with Gasteiger partial charge in [0.25, 0.3) is 0 Å². The van der Waals surface area contributed by atoms with Gasteiger partial charge in [-0.1, -0.05) is 0 Å². The third-order valence-corrected chi connectivity index (χ3v) is 2.84. The largest absolute Gasteiger partial charge is 0.487 e. The second-order valence-corrected chi connectivity index (χ2v) is 6.01. The molecule has 1 aromatic heterocycles. The lowest BCUT2D eigenvalue weighted by Gasteiger charge is -2.13. The van der Waals surface area contributed by atoms with E-state index >= 15 is 0 Å². The maximum Gasteiger partial charge on any atom is 0.418 e. The minimum absolute atomic E-state index is 0.176. The van der Waals surface area contributed by atoms with Gasteiger partial charge >= 0.3 is 6.18 Å². The first-order chi connectivity index (χ1) is 8.65. The molecule has 0 spiro atoms. The van der Waals surface area contributed by atoms with Crippen LogP contribution in [0.5, 0.6) is 5.75 Å². The van der Waals surface area contributed by atoms with E-state index in [0.717, 1.165) is 25.2 Å². The van der Waals surface area contributed by atoms with Gasteiger partial charge < -0.3 is 4.74 Å². The average molecular weight is 296 g/mol. The van der Waals surface area contributed by atoms with Gasteiger partial charge in [-0.2, -0.15) is 13.2 Å². The van der Waals surface area contributed by atoms with Gasteiger partial charge in [-0.15, -0.1) is 0 Å². The van der Waals surface area contributed by atoms with Crippen molar-refractivity contribution in [1.29, 1.82) is 0 Å². The van der Waals surface area contributed by atoms with Gasteiger partial charge in [0.05, 0.1) is 17.9 Å². The lowest BCUT2D eigenvalue weighted by molar-refractivity contribution is -0.137. The number of anilines is 1. The lowest BCUT2D eigenvalue weighted by Crippen LogP contribution is -2.14. The van der Waals surface area contributed by atoms with Crippen LogP contribution in [0, 0.1) is 0 Å². The van der Waals surface area contributed by atoms with Gasteiger partial charge in [-0.05, 0) is 18.9 Å². The lowest BCUT2D eigenvalue weighted by atomic mass is 10.2. The van der Waals surface area contributed by atoms with E-state index < -0.39 is 21.8 Å². The van der Waals surface area contributed by atoms with Crippen molar-refractivity contribution in [3.05, 3.63) is 17.8 Å². The smallest absolute Gasteiger partial charge is 0.418 e. The minimum atomic E-state index is -4.56. The first-order valence-electron chi connectivity index (χ1n) is 5.37.